The summed E-state index contributed by atoms with van der Waals surface area (Å²) < 4.78 is 1.74. The maximum absolute atomic E-state index is 12.1. The first-order chi connectivity index (χ1) is 9.88. The fourth-order valence-electron chi connectivity index (χ4n) is 2.05. The van der Waals surface area contributed by atoms with E-state index in [2.05, 4.69) is 21.0 Å². The smallest absolute Gasteiger partial charge is 0.321 e. The Morgan fingerprint density at radius 2 is 2.05 bits per heavy atom. The molecule has 0 aliphatic rings. The summed E-state index contributed by atoms with van der Waals surface area (Å²) in [6, 6.07) is 1.00. The van der Waals surface area contributed by atoms with Crippen LogP contribution in [0, 0.1) is 6.92 Å². The van der Waals surface area contributed by atoms with Crippen molar-refractivity contribution in [3.05, 3.63) is 11.8 Å². The van der Waals surface area contributed by atoms with Crippen LogP contribution >= 0.6 is 0 Å². The molecule has 0 aliphatic carbocycles. The van der Waals surface area contributed by atoms with Gasteiger partial charge in [0.15, 0.2) is 0 Å². The fourth-order valence-corrected chi connectivity index (χ4v) is 2.05. The summed E-state index contributed by atoms with van der Waals surface area (Å²) >= 11 is 0. The second-order valence-electron chi connectivity index (χ2n) is 5.26. The Morgan fingerprint density at radius 3 is 2.57 bits per heavy atom. The third-order valence-electron chi connectivity index (χ3n) is 3.03. The minimum absolute atomic E-state index is 0.138. The van der Waals surface area contributed by atoms with Gasteiger partial charge in [0, 0.05) is 19.2 Å². The molecule has 1 heterocycles. The Bertz CT molecular complexity index is 496. The first-order valence-electron chi connectivity index (χ1n) is 7.24. The maximum atomic E-state index is 12.1. The van der Waals surface area contributed by atoms with E-state index < -0.39 is 12.1 Å². The zero-order chi connectivity index (χ0) is 16.0. The Hall–Kier alpha value is -2.05. The van der Waals surface area contributed by atoms with E-state index in [1.54, 1.807) is 17.8 Å². The molecule has 118 valence electrons. The van der Waals surface area contributed by atoms with Crippen LogP contribution in [0.25, 0.3) is 0 Å². The predicted octanol–water partition coefficient (Wildman–Crippen LogP) is 1.81. The number of nitrogens with zero attached hydrogens (tertiary/aromatic N) is 2. The van der Waals surface area contributed by atoms with Crippen molar-refractivity contribution in [1.29, 1.82) is 0 Å². The number of aromatic nitrogens is 2. The Labute approximate surface area is 125 Å². The van der Waals surface area contributed by atoms with E-state index in [-0.39, 0.29) is 11.9 Å². The van der Waals surface area contributed by atoms with Gasteiger partial charge in [-0.05, 0) is 27.2 Å². The molecule has 1 aromatic rings. The van der Waals surface area contributed by atoms with Crippen molar-refractivity contribution >= 4 is 17.8 Å². The van der Waals surface area contributed by atoms with Crippen LogP contribution in [0.1, 0.15) is 45.3 Å². The van der Waals surface area contributed by atoms with Crippen LogP contribution in [0.5, 0.6) is 0 Å². The number of carbonyl (C=O) groups is 2. The number of urea groups is 1. The predicted molar refractivity (Wildman–Crippen MR) is 82.3 cm³/mol. The Balaban J connectivity index is 2.74. The van der Waals surface area contributed by atoms with Gasteiger partial charge in [-0.25, -0.2) is 9.48 Å². The topological polar surface area (TPSA) is 88.1 Å². The SMILES string of the molecule is CCC[C@H](NC(=O)Nc1cc(C)nn1C(C)C)C(=O)NC. The monoisotopic (exact) mass is 295 g/mol. The summed E-state index contributed by atoms with van der Waals surface area (Å²) in [5, 5.41) is 12.3. The summed E-state index contributed by atoms with van der Waals surface area (Å²) in [5.74, 6) is 0.424. The van der Waals surface area contributed by atoms with E-state index in [0.717, 1.165) is 12.1 Å². The van der Waals surface area contributed by atoms with Gasteiger partial charge in [0.1, 0.15) is 11.9 Å². The normalized spacial score (nSPS) is 12.1. The molecule has 0 unspecified atom stereocenters. The molecule has 7 heteroatoms. The molecule has 0 aromatic carbocycles. The van der Waals surface area contributed by atoms with Gasteiger partial charge >= 0.3 is 6.03 Å². The van der Waals surface area contributed by atoms with Crippen molar-refractivity contribution in [3.8, 4) is 0 Å². The number of anilines is 1. The number of carbonyl (C=O) groups excluding carboxylic acids is 2. The molecule has 0 saturated heterocycles. The third-order valence-corrected chi connectivity index (χ3v) is 3.03. The van der Waals surface area contributed by atoms with Gasteiger partial charge in [-0.2, -0.15) is 5.10 Å². The molecule has 1 aromatic heterocycles. The molecule has 0 radical (unpaired) electrons. The van der Waals surface area contributed by atoms with Crippen LogP contribution in [0.3, 0.4) is 0 Å². The highest BCUT2D eigenvalue weighted by Crippen LogP contribution is 2.15. The number of likely N-dealkylation sites (N-methyl/N-ethyl adjacent to an activating group) is 1. The number of hydrogen-bond acceptors (Lipinski definition) is 3. The first-order valence-corrected chi connectivity index (χ1v) is 7.24. The molecule has 3 amide bonds. The highest BCUT2D eigenvalue weighted by Gasteiger charge is 2.19. The van der Waals surface area contributed by atoms with E-state index in [0.29, 0.717) is 12.2 Å². The summed E-state index contributed by atoms with van der Waals surface area (Å²) in [6.45, 7) is 7.80. The molecule has 3 N–H and O–H groups in total. The second-order valence-corrected chi connectivity index (χ2v) is 5.26. The van der Waals surface area contributed by atoms with Gasteiger partial charge in [-0.1, -0.05) is 13.3 Å². The van der Waals surface area contributed by atoms with Crippen molar-refractivity contribution in [2.45, 2.75) is 52.6 Å². The zero-order valence-corrected chi connectivity index (χ0v) is 13.4. The van der Waals surface area contributed by atoms with Crippen LogP contribution in [0.4, 0.5) is 10.6 Å². The molecule has 1 atom stereocenters. The van der Waals surface area contributed by atoms with Crippen LogP contribution in [-0.2, 0) is 4.79 Å². The molecule has 0 aliphatic heterocycles. The van der Waals surface area contributed by atoms with Gasteiger partial charge < -0.3 is 10.6 Å². The first kappa shape index (κ1) is 17.0. The molecule has 1 rings (SSSR count). The van der Waals surface area contributed by atoms with E-state index >= 15 is 0 Å². The Morgan fingerprint density at radius 1 is 1.38 bits per heavy atom. The van der Waals surface area contributed by atoms with Gasteiger partial charge in [0.05, 0.1) is 5.69 Å². The third kappa shape index (κ3) is 4.77. The van der Waals surface area contributed by atoms with Crippen LogP contribution in [0.2, 0.25) is 0 Å². The molecule has 0 saturated carbocycles. The largest absolute Gasteiger partial charge is 0.357 e. The standard InChI is InChI=1S/C14H25N5O2/c1-6-7-11(13(20)15-5)16-14(21)17-12-8-10(4)18-19(12)9(2)3/h8-9,11H,6-7H2,1-5H3,(H,15,20)(H2,16,17,21)/t11-/m0/s1. The van der Waals surface area contributed by atoms with Crippen molar-refractivity contribution in [1.82, 2.24) is 20.4 Å². The highest BCUT2D eigenvalue weighted by molar-refractivity contribution is 5.93. The lowest BCUT2D eigenvalue weighted by Gasteiger charge is -2.18. The van der Waals surface area contributed by atoms with E-state index in [4.69, 9.17) is 0 Å². The summed E-state index contributed by atoms with van der Waals surface area (Å²) in [7, 11) is 1.56. The summed E-state index contributed by atoms with van der Waals surface area (Å²) in [6.07, 6.45) is 1.40. The number of amides is 3. The Kier molecular flexibility index (Phi) is 6.20. The minimum Gasteiger partial charge on any atom is -0.357 e. The molecule has 0 bridgehead atoms. The summed E-state index contributed by atoms with van der Waals surface area (Å²) in [5.41, 5.74) is 0.829. The van der Waals surface area contributed by atoms with Crippen LogP contribution < -0.4 is 16.0 Å². The van der Waals surface area contributed by atoms with Gasteiger partial charge in [0.2, 0.25) is 5.91 Å². The molecule has 0 spiro atoms. The lowest BCUT2D eigenvalue weighted by molar-refractivity contribution is -0.122. The van der Waals surface area contributed by atoms with Crippen molar-refractivity contribution in [3.63, 3.8) is 0 Å². The van der Waals surface area contributed by atoms with E-state index in [9.17, 15) is 9.59 Å². The summed E-state index contributed by atoms with van der Waals surface area (Å²) in [4.78, 5) is 23.8. The van der Waals surface area contributed by atoms with Gasteiger partial charge in [-0.15, -0.1) is 0 Å². The minimum atomic E-state index is -0.531. The lowest BCUT2D eigenvalue weighted by atomic mass is 10.1. The molecule has 7 nitrogen and oxygen atoms in total. The van der Waals surface area contributed by atoms with E-state index in [1.807, 2.05) is 27.7 Å². The van der Waals surface area contributed by atoms with Crippen molar-refractivity contribution in [2.75, 3.05) is 12.4 Å². The average molecular weight is 295 g/mol. The number of nitrogens with one attached hydrogen (secondary N) is 3. The molecule has 0 fully saturated rings. The van der Waals surface area contributed by atoms with Gasteiger partial charge in [-0.3, -0.25) is 10.1 Å². The fraction of sp³-hybridized carbons (Fsp3) is 0.643. The van der Waals surface area contributed by atoms with Crippen molar-refractivity contribution < 1.29 is 9.59 Å². The zero-order valence-electron chi connectivity index (χ0n) is 13.4. The van der Waals surface area contributed by atoms with Crippen LogP contribution in [0.15, 0.2) is 6.07 Å². The highest BCUT2D eigenvalue weighted by atomic mass is 16.2. The van der Waals surface area contributed by atoms with Crippen molar-refractivity contribution in [2.24, 2.45) is 0 Å². The second kappa shape index (κ2) is 7.66. The lowest BCUT2D eigenvalue weighted by Crippen LogP contribution is -2.47. The number of aryl methyl sites for hydroxylation is 1. The average Bonchev–Trinajstić information content (AvgIpc) is 2.78. The molecule has 21 heavy (non-hydrogen) atoms. The van der Waals surface area contributed by atoms with Crippen LogP contribution in [-0.4, -0.2) is 34.8 Å². The molecular weight excluding hydrogens is 270 g/mol. The maximum Gasteiger partial charge on any atom is 0.321 e. The number of hydrogen-bond donors (Lipinski definition) is 3. The molecular formula is C14H25N5O2. The number of rotatable bonds is 6. The van der Waals surface area contributed by atoms with E-state index in [1.165, 1.54) is 0 Å². The quantitative estimate of drug-likeness (QED) is 0.748. The van der Waals surface area contributed by atoms with Gasteiger partial charge in [0.25, 0.3) is 0 Å².